The maximum Gasteiger partial charge on any atom is 0.129 e. The van der Waals surface area contributed by atoms with Gasteiger partial charge in [-0.1, -0.05) is 11.6 Å². The van der Waals surface area contributed by atoms with E-state index in [-0.39, 0.29) is 16.5 Å². The summed E-state index contributed by atoms with van der Waals surface area (Å²) in [6.45, 7) is 0. The van der Waals surface area contributed by atoms with E-state index in [2.05, 4.69) is 4.98 Å². The number of carbonyl (C=O) groups excluding carboxylic acids is 1. The number of aromatic carboxylic acids is 1. The van der Waals surface area contributed by atoms with Gasteiger partial charge in [-0.25, -0.2) is 4.98 Å². The van der Waals surface area contributed by atoms with Gasteiger partial charge in [0.05, 0.1) is 11.7 Å². The number of nitrogens with zero attached hydrogens (tertiary/aromatic N) is 1. The summed E-state index contributed by atoms with van der Waals surface area (Å²) in [5, 5.41) is 10.3. The molecule has 0 amide bonds. The first-order valence-corrected chi connectivity index (χ1v) is 3.12. The Morgan fingerprint density at radius 3 is 2.73 bits per heavy atom. The van der Waals surface area contributed by atoms with Crippen LogP contribution in [0.5, 0.6) is 0 Å². The van der Waals surface area contributed by atoms with E-state index in [0.29, 0.717) is 0 Å². The molecule has 5 heteroatoms. The Labute approximate surface area is 67.6 Å². The van der Waals surface area contributed by atoms with E-state index in [1.807, 2.05) is 0 Å². The molecule has 0 aliphatic carbocycles. The zero-order valence-corrected chi connectivity index (χ0v) is 6.13. The number of pyridine rings is 1. The number of carboxylic acids is 1. The van der Waals surface area contributed by atoms with Crippen LogP contribution in [0.1, 0.15) is 10.5 Å². The van der Waals surface area contributed by atoms with E-state index in [4.69, 9.17) is 17.3 Å². The number of nitrogen functional groups attached to an aromatic ring is 1. The molecule has 0 saturated heterocycles. The van der Waals surface area contributed by atoms with Crippen LogP contribution in [0.15, 0.2) is 12.1 Å². The molecule has 4 nitrogen and oxygen atoms in total. The van der Waals surface area contributed by atoms with Gasteiger partial charge in [0.15, 0.2) is 0 Å². The second-order valence-corrected chi connectivity index (χ2v) is 2.25. The predicted octanol–water partition coefficient (Wildman–Crippen LogP) is -0.319. The summed E-state index contributed by atoms with van der Waals surface area (Å²) in [5.41, 5.74) is 4.98. The van der Waals surface area contributed by atoms with Gasteiger partial charge in [0.2, 0.25) is 0 Å². The van der Waals surface area contributed by atoms with Crippen LogP contribution in [-0.4, -0.2) is 11.0 Å². The molecule has 1 heterocycles. The molecule has 0 saturated carbocycles. The average molecular weight is 172 g/mol. The monoisotopic (exact) mass is 171 g/mol. The molecule has 2 N–H and O–H groups in total. The van der Waals surface area contributed by atoms with Gasteiger partial charge in [0.1, 0.15) is 10.8 Å². The number of carbonyl (C=O) groups is 1. The number of hydrogen-bond donors (Lipinski definition) is 1. The molecule has 0 atom stereocenters. The Balaban J connectivity index is 3.23. The van der Waals surface area contributed by atoms with Crippen molar-refractivity contribution in [2.75, 3.05) is 5.73 Å². The Morgan fingerprint density at radius 2 is 2.27 bits per heavy atom. The lowest BCUT2D eigenvalue weighted by Gasteiger charge is -2.04. The number of hydrogen-bond acceptors (Lipinski definition) is 4. The van der Waals surface area contributed by atoms with Gasteiger partial charge in [-0.05, 0) is 12.1 Å². The smallest absolute Gasteiger partial charge is 0.129 e. The standard InChI is InChI=1S/C6H5ClN2O2/c7-4-2-1-3(8)5(9-4)6(10)11/h1-2H,8H2,(H,10,11)/p-1. The van der Waals surface area contributed by atoms with Crippen LogP contribution in [-0.2, 0) is 0 Å². The number of nitrogens with two attached hydrogens (primary N) is 1. The lowest BCUT2D eigenvalue weighted by Crippen LogP contribution is -2.24. The maximum atomic E-state index is 10.3. The van der Waals surface area contributed by atoms with Gasteiger partial charge in [0.25, 0.3) is 0 Å². The van der Waals surface area contributed by atoms with Gasteiger partial charge >= 0.3 is 0 Å². The number of rotatable bonds is 1. The van der Waals surface area contributed by atoms with Gasteiger partial charge in [-0.15, -0.1) is 0 Å². The first kappa shape index (κ1) is 7.81. The first-order valence-electron chi connectivity index (χ1n) is 2.74. The molecule has 11 heavy (non-hydrogen) atoms. The van der Waals surface area contributed by atoms with Crippen LogP contribution in [0.4, 0.5) is 5.69 Å². The third-order valence-electron chi connectivity index (χ3n) is 1.09. The molecule has 0 unspecified atom stereocenters. The third kappa shape index (κ3) is 1.59. The van der Waals surface area contributed by atoms with Gasteiger partial charge in [0, 0.05) is 0 Å². The van der Waals surface area contributed by atoms with Crippen LogP contribution in [0.3, 0.4) is 0 Å². The molecule has 0 bridgehead atoms. The zero-order valence-electron chi connectivity index (χ0n) is 5.37. The lowest BCUT2D eigenvalue weighted by molar-refractivity contribution is -0.255. The molecule has 58 valence electrons. The third-order valence-corrected chi connectivity index (χ3v) is 1.30. The summed E-state index contributed by atoms with van der Waals surface area (Å²) in [6.07, 6.45) is 0. The normalized spacial score (nSPS) is 9.55. The molecular weight excluding hydrogens is 168 g/mol. The highest BCUT2D eigenvalue weighted by Crippen LogP contribution is 2.11. The van der Waals surface area contributed by atoms with E-state index < -0.39 is 5.97 Å². The lowest BCUT2D eigenvalue weighted by atomic mass is 10.3. The summed E-state index contributed by atoms with van der Waals surface area (Å²) in [5.74, 6) is -1.43. The highest BCUT2D eigenvalue weighted by atomic mass is 35.5. The van der Waals surface area contributed by atoms with Crippen LogP contribution in [0.25, 0.3) is 0 Å². The number of anilines is 1. The van der Waals surface area contributed by atoms with E-state index >= 15 is 0 Å². The Hall–Kier alpha value is -1.29. The highest BCUT2D eigenvalue weighted by Gasteiger charge is 2.01. The van der Waals surface area contributed by atoms with Crippen molar-refractivity contribution in [1.82, 2.24) is 4.98 Å². The van der Waals surface area contributed by atoms with E-state index in [1.54, 1.807) is 0 Å². The minimum atomic E-state index is -1.43. The van der Waals surface area contributed by atoms with Crippen LogP contribution >= 0.6 is 11.6 Å². The van der Waals surface area contributed by atoms with Crippen molar-refractivity contribution in [3.63, 3.8) is 0 Å². The van der Waals surface area contributed by atoms with Gasteiger partial charge in [-0.2, -0.15) is 0 Å². The van der Waals surface area contributed by atoms with Crippen LogP contribution in [0, 0.1) is 0 Å². The number of aromatic nitrogens is 1. The van der Waals surface area contributed by atoms with Crippen molar-refractivity contribution in [2.24, 2.45) is 0 Å². The maximum absolute atomic E-state index is 10.3. The van der Waals surface area contributed by atoms with Crippen molar-refractivity contribution < 1.29 is 9.90 Å². The van der Waals surface area contributed by atoms with Crippen molar-refractivity contribution in [1.29, 1.82) is 0 Å². The molecular formula is C6H4ClN2O2-. The molecule has 1 aromatic rings. The fourth-order valence-corrected chi connectivity index (χ4v) is 0.757. The van der Waals surface area contributed by atoms with E-state index in [9.17, 15) is 9.90 Å². The van der Waals surface area contributed by atoms with Crippen molar-refractivity contribution in [2.45, 2.75) is 0 Å². The Morgan fingerprint density at radius 1 is 1.64 bits per heavy atom. The van der Waals surface area contributed by atoms with Crippen molar-refractivity contribution >= 4 is 23.3 Å². The van der Waals surface area contributed by atoms with Crippen LogP contribution < -0.4 is 10.8 Å². The Kier molecular flexibility index (Phi) is 1.96. The quantitative estimate of drug-likeness (QED) is 0.588. The Bertz CT molecular complexity index is 301. The number of halogens is 1. The van der Waals surface area contributed by atoms with Gasteiger partial charge < -0.3 is 15.6 Å². The second-order valence-electron chi connectivity index (χ2n) is 1.86. The summed E-state index contributed by atoms with van der Waals surface area (Å²) >= 11 is 5.40. The largest absolute Gasteiger partial charge is 0.543 e. The SMILES string of the molecule is Nc1ccc(Cl)nc1C(=O)[O-]. The van der Waals surface area contributed by atoms with E-state index in [1.165, 1.54) is 12.1 Å². The molecule has 0 aliphatic heterocycles. The summed E-state index contributed by atoms with van der Waals surface area (Å²) in [4.78, 5) is 13.7. The number of carboxylic acid groups (broad SMARTS) is 1. The zero-order chi connectivity index (χ0) is 8.43. The topological polar surface area (TPSA) is 79.0 Å². The molecule has 0 spiro atoms. The minimum absolute atomic E-state index is 0.0504. The summed E-state index contributed by atoms with van der Waals surface area (Å²) < 4.78 is 0. The molecule has 0 fully saturated rings. The minimum Gasteiger partial charge on any atom is -0.543 e. The fourth-order valence-electron chi connectivity index (χ4n) is 0.610. The average Bonchev–Trinajstić information content (AvgIpc) is 1.94. The predicted molar refractivity (Wildman–Crippen MR) is 38.0 cm³/mol. The van der Waals surface area contributed by atoms with E-state index in [0.717, 1.165) is 0 Å². The fraction of sp³-hybridized carbons (Fsp3) is 0. The summed E-state index contributed by atoms with van der Waals surface area (Å²) in [6, 6.07) is 2.77. The molecule has 1 rings (SSSR count). The second kappa shape index (κ2) is 2.75. The molecule has 0 aromatic carbocycles. The van der Waals surface area contributed by atoms with Crippen molar-refractivity contribution in [3.05, 3.63) is 23.0 Å². The molecule has 0 radical (unpaired) electrons. The summed E-state index contributed by atoms with van der Waals surface area (Å²) in [7, 11) is 0. The van der Waals surface area contributed by atoms with Crippen molar-refractivity contribution in [3.8, 4) is 0 Å². The van der Waals surface area contributed by atoms with Crippen LogP contribution in [0.2, 0.25) is 5.15 Å². The molecule has 0 aliphatic rings. The van der Waals surface area contributed by atoms with Gasteiger partial charge in [-0.3, -0.25) is 0 Å². The molecule has 1 aromatic heterocycles. The highest BCUT2D eigenvalue weighted by molar-refractivity contribution is 6.29. The first-order chi connectivity index (χ1) is 5.11.